The van der Waals surface area contributed by atoms with Crippen LogP contribution in [0.15, 0.2) is 43.0 Å². The second kappa shape index (κ2) is 3.06. The quantitative estimate of drug-likeness (QED) is 0.607. The smallest absolute Gasteiger partial charge is 0.0154 e. The van der Waals surface area contributed by atoms with E-state index in [0.717, 1.165) is 0 Å². The highest BCUT2D eigenvalue weighted by Gasteiger charge is 1.95. The number of hydrogen-bond acceptors (Lipinski definition) is 0. The van der Waals surface area contributed by atoms with Gasteiger partial charge in [-0.2, -0.15) is 0 Å². The zero-order valence-electron chi connectivity index (χ0n) is 7.75. The molecule has 0 N–H and O–H groups in total. The maximum atomic E-state index is 3.76. The lowest BCUT2D eigenvalue weighted by Gasteiger charge is -2.02. The third-order valence-corrected chi connectivity index (χ3v) is 2.36. The van der Waals surface area contributed by atoms with Crippen LogP contribution < -0.4 is 0 Å². The third-order valence-electron chi connectivity index (χ3n) is 2.36. The highest BCUT2D eigenvalue weighted by Crippen LogP contribution is 2.19. The van der Waals surface area contributed by atoms with Crippen molar-refractivity contribution < 1.29 is 0 Å². The Morgan fingerprint density at radius 1 is 1.15 bits per heavy atom. The second-order valence-electron chi connectivity index (χ2n) is 3.26. The highest BCUT2D eigenvalue weighted by molar-refractivity contribution is 5.87. The molecule has 0 amide bonds. The molecule has 0 aliphatic rings. The van der Waals surface area contributed by atoms with Crippen molar-refractivity contribution in [1.82, 2.24) is 0 Å². The van der Waals surface area contributed by atoms with Gasteiger partial charge in [-0.1, -0.05) is 43.0 Å². The fourth-order valence-electron chi connectivity index (χ4n) is 1.59. The molecule has 2 aromatic rings. The normalized spacial score (nSPS) is 10.2. The van der Waals surface area contributed by atoms with E-state index in [1.54, 1.807) is 0 Å². The van der Waals surface area contributed by atoms with E-state index in [2.05, 4.69) is 49.9 Å². The molecule has 2 aromatic carbocycles. The second-order valence-corrected chi connectivity index (χ2v) is 3.26. The minimum atomic E-state index is 1.18. The van der Waals surface area contributed by atoms with E-state index < -0.39 is 0 Å². The topological polar surface area (TPSA) is 0 Å². The zero-order valence-corrected chi connectivity index (χ0v) is 7.75. The van der Waals surface area contributed by atoms with E-state index in [-0.39, 0.29) is 0 Å². The molecule has 0 saturated heterocycles. The first kappa shape index (κ1) is 8.06. The molecule has 0 aliphatic heterocycles. The molecule has 0 spiro atoms. The van der Waals surface area contributed by atoms with Crippen LogP contribution in [0, 0.1) is 6.92 Å². The summed E-state index contributed by atoms with van der Waals surface area (Å²) in [4.78, 5) is 0. The summed E-state index contributed by atoms with van der Waals surface area (Å²) < 4.78 is 0. The summed E-state index contributed by atoms with van der Waals surface area (Å²) in [5.74, 6) is 0. The van der Waals surface area contributed by atoms with Gasteiger partial charge in [-0.3, -0.25) is 0 Å². The van der Waals surface area contributed by atoms with Crippen molar-refractivity contribution >= 4 is 16.8 Å². The molecule has 0 saturated carbocycles. The summed E-state index contributed by atoms with van der Waals surface area (Å²) in [5.41, 5.74) is 2.51. The number of benzene rings is 2. The van der Waals surface area contributed by atoms with E-state index in [1.807, 2.05) is 6.08 Å². The number of aryl methyl sites for hydroxylation is 1. The highest BCUT2D eigenvalue weighted by atomic mass is 14.0. The van der Waals surface area contributed by atoms with Gasteiger partial charge in [0.1, 0.15) is 0 Å². The predicted octanol–water partition coefficient (Wildman–Crippen LogP) is 3.79. The molecule has 0 aromatic heterocycles. The molecule has 0 heteroatoms. The van der Waals surface area contributed by atoms with Gasteiger partial charge in [0.25, 0.3) is 0 Å². The Hall–Kier alpha value is -1.56. The lowest BCUT2D eigenvalue weighted by atomic mass is 10.0. The van der Waals surface area contributed by atoms with Gasteiger partial charge in [0, 0.05) is 0 Å². The van der Waals surface area contributed by atoms with Crippen LogP contribution in [-0.4, -0.2) is 0 Å². The van der Waals surface area contributed by atoms with E-state index in [1.165, 1.54) is 21.9 Å². The fraction of sp³-hybridized carbons (Fsp3) is 0.0769. The lowest BCUT2D eigenvalue weighted by Crippen LogP contribution is -1.78. The third kappa shape index (κ3) is 1.35. The molecule has 0 aliphatic carbocycles. The molecule has 0 radical (unpaired) electrons. The van der Waals surface area contributed by atoms with Gasteiger partial charge < -0.3 is 0 Å². The monoisotopic (exact) mass is 168 g/mol. The molecule has 0 fully saturated rings. The standard InChI is InChI=1S/C13H12/c1-3-11-7-8-13-10(2)5-4-6-12(13)9-11/h3-9H,1H2,2H3. The van der Waals surface area contributed by atoms with Crippen LogP contribution in [0.1, 0.15) is 11.1 Å². The molecule has 0 atom stereocenters. The lowest BCUT2D eigenvalue weighted by molar-refractivity contribution is 1.53. The Morgan fingerprint density at radius 2 is 2.00 bits per heavy atom. The minimum Gasteiger partial charge on any atom is -0.0985 e. The molecular weight excluding hydrogens is 156 g/mol. The van der Waals surface area contributed by atoms with Crippen molar-refractivity contribution in [2.24, 2.45) is 0 Å². The zero-order chi connectivity index (χ0) is 9.26. The van der Waals surface area contributed by atoms with Gasteiger partial charge in [0.15, 0.2) is 0 Å². The van der Waals surface area contributed by atoms with E-state index in [4.69, 9.17) is 0 Å². The summed E-state index contributed by atoms with van der Waals surface area (Å²) in [5, 5.41) is 2.62. The molecule has 2 rings (SSSR count). The van der Waals surface area contributed by atoms with Crippen LogP contribution in [-0.2, 0) is 0 Å². The van der Waals surface area contributed by atoms with Crippen molar-refractivity contribution in [2.75, 3.05) is 0 Å². The Kier molecular flexibility index (Phi) is 1.90. The Bertz CT molecular complexity index is 453. The van der Waals surface area contributed by atoms with Crippen LogP contribution in [0.25, 0.3) is 16.8 Å². The van der Waals surface area contributed by atoms with Crippen LogP contribution in [0.4, 0.5) is 0 Å². The van der Waals surface area contributed by atoms with Crippen LogP contribution in [0.3, 0.4) is 0 Å². The van der Waals surface area contributed by atoms with Gasteiger partial charge in [-0.05, 0) is 34.9 Å². The van der Waals surface area contributed by atoms with Crippen LogP contribution in [0.2, 0.25) is 0 Å². The SMILES string of the molecule is C=Cc1ccc2c(C)cccc2c1. The maximum Gasteiger partial charge on any atom is -0.0154 e. The number of rotatable bonds is 1. The van der Waals surface area contributed by atoms with Gasteiger partial charge in [-0.25, -0.2) is 0 Å². The van der Waals surface area contributed by atoms with Crippen molar-refractivity contribution in [1.29, 1.82) is 0 Å². The molecule has 0 heterocycles. The van der Waals surface area contributed by atoms with E-state index in [9.17, 15) is 0 Å². The first-order valence-electron chi connectivity index (χ1n) is 4.43. The number of fused-ring (bicyclic) bond motifs is 1. The molecule has 13 heavy (non-hydrogen) atoms. The van der Waals surface area contributed by atoms with Gasteiger partial charge >= 0.3 is 0 Å². The fourth-order valence-corrected chi connectivity index (χ4v) is 1.59. The first-order valence-corrected chi connectivity index (χ1v) is 4.43. The maximum absolute atomic E-state index is 3.76. The van der Waals surface area contributed by atoms with Crippen molar-refractivity contribution in [3.8, 4) is 0 Å². The molecule has 64 valence electrons. The predicted molar refractivity (Wildman–Crippen MR) is 58.8 cm³/mol. The van der Waals surface area contributed by atoms with E-state index >= 15 is 0 Å². The molecule has 0 bridgehead atoms. The number of hydrogen-bond donors (Lipinski definition) is 0. The average Bonchev–Trinajstić information content (AvgIpc) is 2.18. The van der Waals surface area contributed by atoms with Gasteiger partial charge in [0.05, 0.1) is 0 Å². The van der Waals surface area contributed by atoms with Crippen molar-refractivity contribution in [3.63, 3.8) is 0 Å². The Morgan fingerprint density at radius 3 is 2.77 bits per heavy atom. The van der Waals surface area contributed by atoms with Crippen LogP contribution in [0.5, 0.6) is 0 Å². The van der Waals surface area contributed by atoms with E-state index in [0.29, 0.717) is 0 Å². The Balaban J connectivity index is 2.79. The minimum absolute atomic E-state index is 1.18. The summed E-state index contributed by atoms with van der Waals surface area (Å²) in [6.07, 6.45) is 1.88. The molecule has 0 unspecified atom stereocenters. The molecule has 0 nitrogen and oxygen atoms in total. The average molecular weight is 168 g/mol. The van der Waals surface area contributed by atoms with Crippen molar-refractivity contribution in [2.45, 2.75) is 6.92 Å². The largest absolute Gasteiger partial charge is 0.0985 e. The first-order chi connectivity index (χ1) is 6.31. The van der Waals surface area contributed by atoms with Crippen LogP contribution >= 0.6 is 0 Å². The summed E-state index contributed by atoms with van der Waals surface area (Å²) in [6, 6.07) is 12.8. The molecular formula is C13H12. The van der Waals surface area contributed by atoms with Gasteiger partial charge in [0.2, 0.25) is 0 Å². The summed E-state index contributed by atoms with van der Waals surface area (Å²) >= 11 is 0. The van der Waals surface area contributed by atoms with Gasteiger partial charge in [-0.15, -0.1) is 0 Å². The summed E-state index contributed by atoms with van der Waals surface area (Å²) in [7, 11) is 0. The summed E-state index contributed by atoms with van der Waals surface area (Å²) in [6.45, 7) is 5.90. The van der Waals surface area contributed by atoms with Crippen molar-refractivity contribution in [3.05, 3.63) is 54.1 Å². The Labute approximate surface area is 78.5 Å².